The first-order valence-electron chi connectivity index (χ1n) is 15.2. The fourth-order valence-corrected chi connectivity index (χ4v) is 6.48. The number of carbonyl (C=O) groups is 2. The van der Waals surface area contributed by atoms with Gasteiger partial charge in [0, 0.05) is 0 Å². The number of aliphatic hydroxyl groups is 2. The minimum absolute atomic E-state index is 0.0804. The first-order valence-corrected chi connectivity index (χ1v) is 16.8. The normalized spacial score (nSPS) is 24.3. The molecule has 1 aliphatic heterocycles. The minimum Gasteiger partial charge on any atom is -0.464 e. The predicted molar refractivity (Wildman–Crippen MR) is 166 cm³/mol. The summed E-state index contributed by atoms with van der Waals surface area (Å²) in [6.07, 6.45) is -1.95. The van der Waals surface area contributed by atoms with Gasteiger partial charge in [-0.25, -0.2) is 19.7 Å². The highest BCUT2D eigenvalue weighted by atomic mass is 31.2. The van der Waals surface area contributed by atoms with Gasteiger partial charge in [0.05, 0.1) is 18.9 Å². The van der Waals surface area contributed by atoms with Crippen LogP contribution in [0.5, 0.6) is 0 Å². The zero-order valence-corrected chi connectivity index (χ0v) is 28.2. The number of aliphatic hydroxyl groups excluding tert-OH is 2. The van der Waals surface area contributed by atoms with Crippen LogP contribution in [0.15, 0.2) is 18.5 Å². The van der Waals surface area contributed by atoms with E-state index in [0.717, 1.165) is 12.8 Å². The second-order valence-electron chi connectivity index (χ2n) is 12.7. The van der Waals surface area contributed by atoms with Crippen molar-refractivity contribution in [2.45, 2.75) is 97.3 Å². The number of ether oxygens (including phenoxy) is 3. The summed E-state index contributed by atoms with van der Waals surface area (Å²) < 4.78 is 37.9. The third kappa shape index (κ3) is 8.80. The fraction of sp³-hybridized carbons (Fsp3) is 0.690. The van der Waals surface area contributed by atoms with Crippen LogP contribution in [0.25, 0.3) is 5.52 Å². The number of aromatic nitrogens is 3. The Hall–Kier alpha value is -3.16. The molecule has 6 N–H and O–H groups in total. The Morgan fingerprint density at radius 3 is 2.35 bits per heavy atom. The number of nitriles is 1. The van der Waals surface area contributed by atoms with Crippen molar-refractivity contribution >= 4 is 30.9 Å². The maximum Gasteiger partial charge on any atom is 0.342 e. The lowest BCUT2D eigenvalue weighted by atomic mass is 9.96. The van der Waals surface area contributed by atoms with E-state index in [1.165, 1.54) is 24.7 Å². The lowest BCUT2D eigenvalue weighted by Crippen LogP contribution is -2.48. The van der Waals surface area contributed by atoms with E-state index in [-0.39, 0.29) is 36.1 Å². The van der Waals surface area contributed by atoms with Crippen molar-refractivity contribution in [3.05, 3.63) is 24.2 Å². The van der Waals surface area contributed by atoms with Gasteiger partial charge in [0.25, 0.3) is 0 Å². The van der Waals surface area contributed by atoms with E-state index in [9.17, 15) is 29.6 Å². The third-order valence-corrected chi connectivity index (χ3v) is 9.55. The maximum atomic E-state index is 14.2. The highest BCUT2D eigenvalue weighted by Gasteiger charge is 2.57. The Kier molecular flexibility index (Phi) is 12.3. The summed E-state index contributed by atoms with van der Waals surface area (Å²) in [5.74, 6) is -1.16. The van der Waals surface area contributed by atoms with Crippen LogP contribution < -0.4 is 15.9 Å². The van der Waals surface area contributed by atoms with E-state index >= 15 is 0 Å². The highest BCUT2D eigenvalue weighted by molar-refractivity contribution is 7.54. The topological polar surface area (TPSA) is 233 Å². The van der Waals surface area contributed by atoms with Crippen LogP contribution in [-0.4, -0.2) is 86.5 Å². The molecule has 7 atom stereocenters. The number of fused-ring (bicyclic) bond motifs is 1. The average Bonchev–Trinajstić information content (AvgIpc) is 3.54. The fourth-order valence-electron chi connectivity index (χ4n) is 4.65. The van der Waals surface area contributed by atoms with E-state index in [1.54, 1.807) is 12.1 Å². The molecule has 1 unspecified atom stereocenters. The average molecular weight is 668 g/mol. The Morgan fingerprint density at radius 1 is 1.17 bits per heavy atom. The Bertz CT molecular complexity index is 1450. The molecule has 0 aromatic carbocycles. The lowest BCUT2D eigenvalue weighted by Gasteiger charge is -2.30. The van der Waals surface area contributed by atoms with E-state index in [1.807, 2.05) is 40.7 Å². The molecule has 2 aromatic heterocycles. The number of nitrogen functional groups attached to an aromatic ring is 1. The highest BCUT2D eigenvalue weighted by Crippen LogP contribution is 2.45. The number of nitrogens with two attached hydrogens (primary N) is 1. The SMILES string of the molecule is CCC(CC)COC(=O)[C@H](C)NP(=O)(N[C@@H](C)C(=O)OCC(C)(C)C)OC[C@@]1(C#N)O[C@@H](c2ccc3c(N)ncnn23)[C@H](O)[C@@H]1O. The van der Waals surface area contributed by atoms with Gasteiger partial charge in [-0.1, -0.05) is 47.5 Å². The van der Waals surface area contributed by atoms with Crippen molar-refractivity contribution in [3.63, 3.8) is 0 Å². The molecule has 1 fully saturated rings. The predicted octanol–water partition coefficient (Wildman–Crippen LogP) is 2.02. The number of rotatable bonds is 15. The number of nitrogens with zero attached hydrogens (tertiary/aromatic N) is 4. The van der Waals surface area contributed by atoms with Gasteiger partial charge in [0.15, 0.2) is 5.82 Å². The van der Waals surface area contributed by atoms with Gasteiger partial charge in [0.1, 0.15) is 54.9 Å². The van der Waals surface area contributed by atoms with E-state index in [0.29, 0.717) is 5.52 Å². The number of esters is 2. The molecule has 0 aliphatic carbocycles. The van der Waals surface area contributed by atoms with Crippen LogP contribution in [0, 0.1) is 22.7 Å². The molecule has 1 aliphatic rings. The van der Waals surface area contributed by atoms with Crippen LogP contribution in [-0.2, 0) is 32.9 Å². The van der Waals surface area contributed by atoms with Crippen LogP contribution in [0.1, 0.15) is 73.1 Å². The molecule has 3 rings (SSSR count). The lowest BCUT2D eigenvalue weighted by molar-refractivity contribution is -0.148. The number of carbonyl (C=O) groups excluding carboxylic acids is 2. The van der Waals surface area contributed by atoms with Gasteiger partial charge >= 0.3 is 19.6 Å². The van der Waals surface area contributed by atoms with Gasteiger partial charge < -0.3 is 34.7 Å². The molecule has 1 saturated heterocycles. The summed E-state index contributed by atoms with van der Waals surface area (Å²) in [6, 6.07) is 2.58. The summed E-state index contributed by atoms with van der Waals surface area (Å²) >= 11 is 0. The Morgan fingerprint density at radius 2 is 1.78 bits per heavy atom. The maximum absolute atomic E-state index is 14.2. The second-order valence-corrected chi connectivity index (χ2v) is 14.6. The smallest absolute Gasteiger partial charge is 0.342 e. The zero-order valence-electron chi connectivity index (χ0n) is 27.3. The molecule has 3 heterocycles. The van der Waals surface area contributed by atoms with Gasteiger partial charge in [0.2, 0.25) is 5.60 Å². The molecule has 0 saturated carbocycles. The van der Waals surface area contributed by atoms with Crippen molar-refractivity contribution in [1.29, 1.82) is 5.26 Å². The molecule has 2 aromatic rings. The third-order valence-electron chi connectivity index (χ3n) is 7.60. The van der Waals surface area contributed by atoms with Crippen molar-refractivity contribution in [1.82, 2.24) is 24.8 Å². The quantitative estimate of drug-likeness (QED) is 0.135. The van der Waals surface area contributed by atoms with Crippen molar-refractivity contribution in [3.8, 4) is 6.07 Å². The molecule has 0 amide bonds. The molecule has 256 valence electrons. The monoisotopic (exact) mass is 667 g/mol. The number of nitrogens with one attached hydrogen (secondary N) is 2. The summed E-state index contributed by atoms with van der Waals surface area (Å²) in [6.45, 7) is 11.8. The summed E-state index contributed by atoms with van der Waals surface area (Å²) in [4.78, 5) is 29.5. The van der Waals surface area contributed by atoms with Crippen LogP contribution in [0.2, 0.25) is 0 Å². The van der Waals surface area contributed by atoms with E-state index in [2.05, 4.69) is 20.3 Å². The molecular weight excluding hydrogens is 621 g/mol. The zero-order chi connectivity index (χ0) is 34.4. The summed E-state index contributed by atoms with van der Waals surface area (Å²) in [7, 11) is -4.41. The molecule has 0 spiro atoms. The standard InChI is InChI=1S/C29H46N7O9P/c1-8-19(9-2)12-42-26(39)17(3)34-46(41,35-18(4)27(40)43-14-28(5,6)7)44-15-29(13-30)24(38)22(37)23(45-29)20-10-11-21-25(31)32-16-33-36(20)21/h10-11,16-19,22-24,37-38H,8-9,12,14-15H2,1-7H3,(H2,31,32,33)(H2,34,35,41)/t17-,18-,22-,23-,24-,29+,46?/m0/s1. The molecule has 16 nitrogen and oxygen atoms in total. The molecule has 0 bridgehead atoms. The molecule has 46 heavy (non-hydrogen) atoms. The Labute approximate surface area is 268 Å². The second kappa shape index (κ2) is 15.2. The van der Waals surface area contributed by atoms with Crippen molar-refractivity contribution in [2.75, 3.05) is 25.6 Å². The summed E-state index contributed by atoms with van der Waals surface area (Å²) in [5.41, 5.74) is 4.00. The van der Waals surface area contributed by atoms with Gasteiger partial charge in [-0.3, -0.25) is 14.2 Å². The van der Waals surface area contributed by atoms with Crippen molar-refractivity contribution < 1.29 is 43.1 Å². The van der Waals surface area contributed by atoms with Gasteiger partial charge in [-0.05, 0) is 37.3 Å². The van der Waals surface area contributed by atoms with E-state index in [4.69, 9.17) is 24.5 Å². The molecule has 17 heteroatoms. The van der Waals surface area contributed by atoms with Crippen LogP contribution in [0.4, 0.5) is 5.82 Å². The number of hydrogen-bond donors (Lipinski definition) is 5. The number of hydrogen-bond acceptors (Lipinski definition) is 13. The first-order chi connectivity index (χ1) is 21.5. The number of anilines is 1. The van der Waals surface area contributed by atoms with Gasteiger partial charge in [-0.2, -0.15) is 10.4 Å². The van der Waals surface area contributed by atoms with Crippen molar-refractivity contribution in [2.24, 2.45) is 11.3 Å². The molecule has 0 radical (unpaired) electrons. The minimum atomic E-state index is -4.41. The summed E-state index contributed by atoms with van der Waals surface area (Å²) in [5, 5.41) is 41.4. The van der Waals surface area contributed by atoms with E-state index < -0.39 is 62.2 Å². The first kappa shape index (κ1) is 37.3. The largest absolute Gasteiger partial charge is 0.464 e. The molecular formula is C29H46N7O9P. The van der Waals surface area contributed by atoms with Crippen LogP contribution in [0.3, 0.4) is 0 Å². The van der Waals surface area contributed by atoms with Crippen LogP contribution >= 0.6 is 7.67 Å². The van der Waals surface area contributed by atoms with Gasteiger partial charge in [-0.15, -0.1) is 0 Å². The Balaban J connectivity index is 1.84.